The smallest absolute Gasteiger partial charge is 0.372 e. The molecule has 9 nitrogen and oxygen atoms in total. The van der Waals surface area contributed by atoms with Crippen molar-refractivity contribution in [2.45, 2.75) is 0 Å². The van der Waals surface area contributed by atoms with Gasteiger partial charge >= 0.3 is 5.69 Å². The molecule has 0 saturated carbocycles. The van der Waals surface area contributed by atoms with Crippen LogP contribution in [0.15, 0.2) is 6.33 Å². The van der Waals surface area contributed by atoms with Gasteiger partial charge in [0, 0.05) is 7.05 Å². The maximum Gasteiger partial charge on any atom is 0.372 e. The highest BCUT2D eigenvalue weighted by atomic mass is 16.6. The predicted molar refractivity (Wildman–Crippen MR) is 57.8 cm³/mol. The van der Waals surface area contributed by atoms with Crippen molar-refractivity contribution >= 4 is 17.4 Å². The fourth-order valence-electron chi connectivity index (χ4n) is 1.06. The highest BCUT2D eigenvalue weighted by Crippen LogP contribution is 2.29. The van der Waals surface area contributed by atoms with Gasteiger partial charge in [0.15, 0.2) is 0 Å². The van der Waals surface area contributed by atoms with Crippen LogP contribution in [0.2, 0.25) is 0 Å². The van der Waals surface area contributed by atoms with Crippen molar-refractivity contribution < 1.29 is 14.5 Å². The van der Waals surface area contributed by atoms with E-state index < -0.39 is 10.6 Å². The normalized spacial score (nSPS) is 9.53. The third-order valence-corrected chi connectivity index (χ3v) is 1.86. The molecule has 0 unspecified atom stereocenters. The first-order valence-corrected chi connectivity index (χ1v) is 4.58. The van der Waals surface area contributed by atoms with Crippen molar-refractivity contribution in [2.24, 2.45) is 0 Å². The number of ether oxygens (including phenoxy) is 1. The molecular weight excluding hydrogens is 230 g/mol. The zero-order valence-corrected chi connectivity index (χ0v) is 9.26. The van der Waals surface area contributed by atoms with Gasteiger partial charge in [-0.2, -0.15) is 4.98 Å². The SMILES string of the molecule is CNC(=O)CNc1ncnc(OC)c1[N+](=O)[O-]. The summed E-state index contributed by atoms with van der Waals surface area (Å²) < 4.78 is 4.75. The van der Waals surface area contributed by atoms with Gasteiger partial charge < -0.3 is 15.4 Å². The van der Waals surface area contributed by atoms with Gasteiger partial charge in [0.05, 0.1) is 18.6 Å². The van der Waals surface area contributed by atoms with E-state index in [-0.39, 0.29) is 24.1 Å². The molecule has 0 aliphatic heterocycles. The molecule has 17 heavy (non-hydrogen) atoms. The molecule has 0 aliphatic carbocycles. The molecule has 0 fully saturated rings. The van der Waals surface area contributed by atoms with Crippen molar-refractivity contribution in [1.82, 2.24) is 15.3 Å². The highest BCUT2D eigenvalue weighted by molar-refractivity contribution is 5.81. The number of aromatic nitrogens is 2. The lowest BCUT2D eigenvalue weighted by atomic mass is 10.4. The lowest BCUT2D eigenvalue weighted by Gasteiger charge is -2.06. The third kappa shape index (κ3) is 3.00. The Bertz CT molecular complexity index is 436. The fourth-order valence-corrected chi connectivity index (χ4v) is 1.06. The van der Waals surface area contributed by atoms with Crippen LogP contribution in [0.3, 0.4) is 0 Å². The van der Waals surface area contributed by atoms with E-state index in [1.54, 1.807) is 0 Å². The minimum absolute atomic E-state index is 0.0644. The van der Waals surface area contributed by atoms with Gasteiger partial charge in [-0.1, -0.05) is 0 Å². The lowest BCUT2D eigenvalue weighted by Crippen LogP contribution is -2.26. The summed E-state index contributed by atoms with van der Waals surface area (Å²) in [5, 5.41) is 15.7. The molecule has 1 aromatic heterocycles. The molecular formula is C8H11N5O4. The molecule has 1 heterocycles. The van der Waals surface area contributed by atoms with Crippen LogP contribution in [0.5, 0.6) is 5.88 Å². The fraction of sp³-hybridized carbons (Fsp3) is 0.375. The van der Waals surface area contributed by atoms with Gasteiger partial charge in [0.2, 0.25) is 11.7 Å². The summed E-state index contributed by atoms with van der Waals surface area (Å²) >= 11 is 0. The Labute approximate surface area is 96.4 Å². The molecule has 0 saturated heterocycles. The minimum Gasteiger partial charge on any atom is -0.476 e. The van der Waals surface area contributed by atoms with Crippen molar-refractivity contribution in [3.05, 3.63) is 16.4 Å². The molecule has 0 atom stereocenters. The second-order valence-corrected chi connectivity index (χ2v) is 2.86. The van der Waals surface area contributed by atoms with Crippen LogP contribution in [0.1, 0.15) is 0 Å². The highest BCUT2D eigenvalue weighted by Gasteiger charge is 2.23. The molecule has 9 heteroatoms. The second kappa shape index (κ2) is 5.58. The van der Waals surface area contributed by atoms with Crippen LogP contribution in [0, 0.1) is 10.1 Å². The van der Waals surface area contributed by atoms with E-state index in [4.69, 9.17) is 4.74 Å². The van der Waals surface area contributed by atoms with Crippen LogP contribution in [-0.2, 0) is 4.79 Å². The molecule has 0 bridgehead atoms. The number of nitro groups is 1. The third-order valence-electron chi connectivity index (χ3n) is 1.86. The summed E-state index contributed by atoms with van der Waals surface area (Å²) in [5.74, 6) is -0.549. The second-order valence-electron chi connectivity index (χ2n) is 2.86. The Morgan fingerprint density at radius 2 is 2.29 bits per heavy atom. The average molecular weight is 241 g/mol. The summed E-state index contributed by atoms with van der Waals surface area (Å²) in [4.78, 5) is 28.4. The molecule has 0 aliphatic rings. The van der Waals surface area contributed by atoms with Crippen LogP contribution >= 0.6 is 0 Å². The zero-order chi connectivity index (χ0) is 12.8. The van der Waals surface area contributed by atoms with Gasteiger partial charge in [-0.25, -0.2) is 4.98 Å². The first-order valence-electron chi connectivity index (χ1n) is 4.58. The van der Waals surface area contributed by atoms with Gasteiger partial charge in [0.25, 0.3) is 5.88 Å². The first kappa shape index (κ1) is 12.6. The van der Waals surface area contributed by atoms with Crippen LogP contribution in [-0.4, -0.2) is 41.5 Å². The number of nitrogens with zero attached hydrogens (tertiary/aromatic N) is 3. The molecule has 1 amide bonds. The number of rotatable bonds is 5. The van der Waals surface area contributed by atoms with E-state index in [2.05, 4.69) is 20.6 Å². The molecule has 1 aromatic rings. The van der Waals surface area contributed by atoms with Crippen LogP contribution in [0.25, 0.3) is 0 Å². The maximum absolute atomic E-state index is 11.0. The number of methoxy groups -OCH3 is 1. The minimum atomic E-state index is -0.676. The molecule has 92 valence electrons. The Hall–Kier alpha value is -2.45. The average Bonchev–Trinajstić information content (AvgIpc) is 2.34. The number of hydrogen-bond donors (Lipinski definition) is 2. The molecule has 0 aromatic carbocycles. The van der Waals surface area contributed by atoms with Crippen molar-refractivity contribution in [3.63, 3.8) is 0 Å². The lowest BCUT2D eigenvalue weighted by molar-refractivity contribution is -0.385. The number of carbonyl (C=O) groups excluding carboxylic acids is 1. The van der Waals surface area contributed by atoms with Gasteiger partial charge in [0.1, 0.15) is 6.33 Å². The Morgan fingerprint density at radius 3 is 2.82 bits per heavy atom. The number of anilines is 1. The quantitative estimate of drug-likeness (QED) is 0.529. The van der Waals surface area contributed by atoms with Gasteiger partial charge in [-0.15, -0.1) is 0 Å². The van der Waals surface area contributed by atoms with Gasteiger partial charge in [-0.3, -0.25) is 14.9 Å². The first-order chi connectivity index (χ1) is 8.10. The summed E-state index contributed by atoms with van der Waals surface area (Å²) in [6.45, 7) is -0.127. The number of nitrogens with one attached hydrogen (secondary N) is 2. The van der Waals surface area contributed by atoms with Crippen molar-refractivity contribution in [3.8, 4) is 5.88 Å². The monoisotopic (exact) mass is 241 g/mol. The maximum atomic E-state index is 11.0. The number of carbonyl (C=O) groups is 1. The zero-order valence-electron chi connectivity index (χ0n) is 9.26. The summed E-state index contributed by atoms with van der Waals surface area (Å²) in [5.41, 5.74) is -0.404. The Morgan fingerprint density at radius 1 is 1.59 bits per heavy atom. The van der Waals surface area contributed by atoms with Crippen molar-refractivity contribution in [2.75, 3.05) is 26.0 Å². The number of hydrogen-bond acceptors (Lipinski definition) is 7. The standard InChI is InChI=1S/C8H11N5O4/c1-9-5(14)3-10-7-6(13(15)16)8(17-2)12-4-11-7/h4H,3H2,1-2H3,(H,9,14)(H,10,11,12). The predicted octanol–water partition coefficient (Wildman–Crippen LogP) is -0.449. The van der Waals surface area contributed by atoms with Crippen LogP contribution in [0.4, 0.5) is 11.5 Å². The Kier molecular flexibility index (Phi) is 4.14. The summed E-state index contributed by atoms with van der Waals surface area (Å²) in [6, 6.07) is 0. The summed E-state index contributed by atoms with van der Waals surface area (Å²) in [7, 11) is 2.72. The van der Waals surface area contributed by atoms with E-state index in [1.165, 1.54) is 14.2 Å². The van der Waals surface area contributed by atoms with E-state index in [0.29, 0.717) is 0 Å². The van der Waals surface area contributed by atoms with E-state index >= 15 is 0 Å². The van der Waals surface area contributed by atoms with E-state index in [1.807, 2.05) is 0 Å². The molecule has 0 spiro atoms. The van der Waals surface area contributed by atoms with Crippen LogP contribution < -0.4 is 15.4 Å². The van der Waals surface area contributed by atoms with E-state index in [9.17, 15) is 14.9 Å². The number of likely N-dealkylation sites (N-methyl/N-ethyl adjacent to an activating group) is 1. The van der Waals surface area contributed by atoms with E-state index in [0.717, 1.165) is 6.33 Å². The van der Waals surface area contributed by atoms with Gasteiger partial charge in [-0.05, 0) is 0 Å². The molecule has 0 radical (unpaired) electrons. The topological polar surface area (TPSA) is 119 Å². The Balaban J connectivity index is 2.98. The number of amides is 1. The summed E-state index contributed by atoms with van der Waals surface area (Å²) in [6.07, 6.45) is 1.11. The molecule has 2 N–H and O–H groups in total. The largest absolute Gasteiger partial charge is 0.476 e. The van der Waals surface area contributed by atoms with Crippen molar-refractivity contribution in [1.29, 1.82) is 0 Å². The molecule has 1 rings (SSSR count).